The van der Waals surface area contributed by atoms with Crippen molar-refractivity contribution in [3.63, 3.8) is 0 Å². The van der Waals surface area contributed by atoms with Crippen LogP contribution in [0.5, 0.6) is 5.75 Å². The van der Waals surface area contributed by atoms with Gasteiger partial charge in [-0.1, -0.05) is 12.1 Å². The second-order valence-electron chi connectivity index (χ2n) is 7.37. The van der Waals surface area contributed by atoms with Gasteiger partial charge in [0.2, 0.25) is 5.91 Å². The standard InChI is InChI=1S/C23H21N3O5/c1-13(23(29)30)21(27)24-16-5-8-18-19(12-16)25-20-15(9-10-26(20)22(18)28)11-14-3-6-17(31-2)7-4-14/h3-8,11-13H,9-10H2,1-2H3,(H,24,27)(H,29,30). The van der Waals surface area contributed by atoms with Crippen molar-refractivity contribution in [2.45, 2.75) is 19.9 Å². The molecule has 1 aliphatic rings. The summed E-state index contributed by atoms with van der Waals surface area (Å²) in [4.78, 5) is 40.7. The molecule has 8 heteroatoms. The van der Waals surface area contributed by atoms with Gasteiger partial charge in [-0.05, 0) is 60.9 Å². The van der Waals surface area contributed by atoms with Crippen LogP contribution < -0.4 is 15.6 Å². The van der Waals surface area contributed by atoms with Crippen molar-refractivity contribution < 1.29 is 19.4 Å². The lowest BCUT2D eigenvalue weighted by molar-refractivity contribution is -0.144. The van der Waals surface area contributed by atoms with Gasteiger partial charge < -0.3 is 15.2 Å². The van der Waals surface area contributed by atoms with Crippen molar-refractivity contribution in [1.82, 2.24) is 9.55 Å². The van der Waals surface area contributed by atoms with E-state index in [0.29, 0.717) is 35.4 Å². The van der Waals surface area contributed by atoms with E-state index in [1.54, 1.807) is 29.9 Å². The zero-order chi connectivity index (χ0) is 22.1. The van der Waals surface area contributed by atoms with Gasteiger partial charge >= 0.3 is 5.97 Å². The molecule has 0 saturated carbocycles. The summed E-state index contributed by atoms with van der Waals surface area (Å²) in [7, 11) is 1.61. The fraction of sp³-hybridized carbons (Fsp3) is 0.217. The van der Waals surface area contributed by atoms with Gasteiger partial charge in [0.15, 0.2) is 0 Å². The SMILES string of the molecule is COc1ccc(C=C2CCn3c2nc2cc(NC(=O)C(C)C(=O)O)ccc2c3=O)cc1. The Morgan fingerprint density at radius 3 is 2.65 bits per heavy atom. The maximum atomic E-state index is 12.9. The molecular formula is C23H21N3O5. The molecule has 1 aliphatic heterocycles. The van der Waals surface area contributed by atoms with Crippen LogP contribution in [0.15, 0.2) is 47.3 Å². The highest BCUT2D eigenvalue weighted by Gasteiger charge is 2.23. The number of rotatable bonds is 5. The molecule has 0 fully saturated rings. The number of anilines is 1. The fourth-order valence-electron chi connectivity index (χ4n) is 3.50. The van der Waals surface area contributed by atoms with E-state index in [9.17, 15) is 14.4 Å². The highest BCUT2D eigenvalue weighted by Crippen LogP contribution is 2.28. The molecule has 0 spiro atoms. The molecule has 0 saturated heterocycles. The fourth-order valence-corrected chi connectivity index (χ4v) is 3.50. The summed E-state index contributed by atoms with van der Waals surface area (Å²) >= 11 is 0. The zero-order valence-electron chi connectivity index (χ0n) is 17.1. The summed E-state index contributed by atoms with van der Waals surface area (Å²) in [6.07, 6.45) is 2.68. The van der Waals surface area contributed by atoms with Gasteiger partial charge in [-0.25, -0.2) is 4.98 Å². The first-order valence-electron chi connectivity index (χ1n) is 9.80. The van der Waals surface area contributed by atoms with Gasteiger partial charge in [0.05, 0.1) is 18.0 Å². The van der Waals surface area contributed by atoms with Crippen molar-refractivity contribution in [3.8, 4) is 5.75 Å². The number of methoxy groups -OCH3 is 1. The van der Waals surface area contributed by atoms with E-state index in [4.69, 9.17) is 9.84 Å². The van der Waals surface area contributed by atoms with Crippen LogP contribution in [0, 0.1) is 5.92 Å². The molecule has 0 radical (unpaired) electrons. The maximum absolute atomic E-state index is 12.9. The number of amides is 1. The highest BCUT2D eigenvalue weighted by molar-refractivity contribution is 6.04. The third kappa shape index (κ3) is 3.92. The number of hydrogen-bond acceptors (Lipinski definition) is 5. The van der Waals surface area contributed by atoms with E-state index < -0.39 is 17.8 Å². The van der Waals surface area contributed by atoms with Gasteiger partial charge in [0.1, 0.15) is 17.5 Å². The number of carboxylic acids is 1. The number of fused-ring (bicyclic) bond motifs is 2. The number of benzene rings is 2. The third-order valence-corrected chi connectivity index (χ3v) is 5.34. The van der Waals surface area contributed by atoms with Gasteiger partial charge in [-0.3, -0.25) is 19.0 Å². The molecule has 2 aromatic carbocycles. The van der Waals surface area contributed by atoms with Crippen molar-refractivity contribution >= 4 is 40.1 Å². The lowest BCUT2D eigenvalue weighted by Crippen LogP contribution is -2.27. The van der Waals surface area contributed by atoms with E-state index in [-0.39, 0.29) is 5.56 Å². The second kappa shape index (κ2) is 8.06. The Balaban J connectivity index is 1.71. The largest absolute Gasteiger partial charge is 0.497 e. The van der Waals surface area contributed by atoms with Crippen LogP contribution in [-0.4, -0.2) is 33.6 Å². The van der Waals surface area contributed by atoms with Crippen LogP contribution in [0.2, 0.25) is 0 Å². The lowest BCUT2D eigenvalue weighted by Gasteiger charge is -2.10. The maximum Gasteiger partial charge on any atom is 0.315 e. The molecule has 1 aromatic heterocycles. The molecule has 2 N–H and O–H groups in total. The average Bonchev–Trinajstić information content (AvgIpc) is 3.16. The molecule has 158 valence electrons. The minimum Gasteiger partial charge on any atom is -0.497 e. The number of ether oxygens (including phenoxy) is 1. The van der Waals surface area contributed by atoms with Crippen molar-refractivity contribution in [3.05, 3.63) is 64.2 Å². The smallest absolute Gasteiger partial charge is 0.315 e. The quantitative estimate of drug-likeness (QED) is 0.615. The van der Waals surface area contributed by atoms with E-state index in [2.05, 4.69) is 10.3 Å². The number of nitrogens with one attached hydrogen (secondary N) is 1. The van der Waals surface area contributed by atoms with E-state index in [1.165, 1.54) is 6.92 Å². The molecule has 1 amide bonds. The number of hydrogen-bond donors (Lipinski definition) is 2. The number of carbonyl (C=O) groups excluding carboxylic acids is 1. The van der Waals surface area contributed by atoms with Gasteiger partial charge in [0.25, 0.3) is 5.56 Å². The average molecular weight is 419 g/mol. The molecule has 0 aliphatic carbocycles. The Morgan fingerprint density at radius 2 is 1.97 bits per heavy atom. The molecule has 3 aromatic rings. The Kier molecular flexibility index (Phi) is 5.29. The minimum absolute atomic E-state index is 0.144. The molecule has 8 nitrogen and oxygen atoms in total. The van der Waals surface area contributed by atoms with Crippen LogP contribution in [-0.2, 0) is 16.1 Å². The molecule has 1 unspecified atom stereocenters. The predicted octanol–water partition coefficient (Wildman–Crippen LogP) is 3.01. The van der Waals surface area contributed by atoms with Gasteiger partial charge in [-0.2, -0.15) is 0 Å². The van der Waals surface area contributed by atoms with E-state index >= 15 is 0 Å². The summed E-state index contributed by atoms with van der Waals surface area (Å²) in [5.41, 5.74) is 2.61. The summed E-state index contributed by atoms with van der Waals surface area (Å²) in [6.45, 7) is 1.86. The minimum atomic E-state index is -1.21. The van der Waals surface area contributed by atoms with Crippen LogP contribution in [0.3, 0.4) is 0 Å². The highest BCUT2D eigenvalue weighted by atomic mass is 16.5. The van der Waals surface area contributed by atoms with E-state index in [0.717, 1.165) is 16.9 Å². The molecule has 1 atom stereocenters. The van der Waals surface area contributed by atoms with Crippen LogP contribution in [0.1, 0.15) is 24.7 Å². The normalized spacial score (nSPS) is 15.0. The first-order chi connectivity index (χ1) is 14.9. The number of carboxylic acid groups (broad SMARTS) is 1. The molecule has 31 heavy (non-hydrogen) atoms. The number of aromatic nitrogens is 2. The second-order valence-corrected chi connectivity index (χ2v) is 7.37. The number of allylic oxidation sites excluding steroid dienone is 1. The van der Waals surface area contributed by atoms with Crippen molar-refractivity contribution in [2.24, 2.45) is 5.92 Å². The monoisotopic (exact) mass is 419 g/mol. The van der Waals surface area contributed by atoms with Crippen molar-refractivity contribution in [2.75, 3.05) is 12.4 Å². The molecular weight excluding hydrogens is 398 g/mol. The Hall–Kier alpha value is -3.94. The first-order valence-corrected chi connectivity index (χ1v) is 9.80. The van der Waals surface area contributed by atoms with Gasteiger partial charge in [-0.15, -0.1) is 0 Å². The van der Waals surface area contributed by atoms with Gasteiger partial charge in [0, 0.05) is 12.2 Å². The van der Waals surface area contributed by atoms with Crippen molar-refractivity contribution in [1.29, 1.82) is 0 Å². The Morgan fingerprint density at radius 1 is 1.23 bits per heavy atom. The lowest BCUT2D eigenvalue weighted by atomic mass is 10.1. The zero-order valence-corrected chi connectivity index (χ0v) is 17.1. The first kappa shape index (κ1) is 20.3. The third-order valence-electron chi connectivity index (χ3n) is 5.34. The number of aliphatic carboxylic acids is 1. The van der Waals surface area contributed by atoms with Crippen LogP contribution in [0.4, 0.5) is 5.69 Å². The molecule has 2 heterocycles. The van der Waals surface area contributed by atoms with Crippen LogP contribution in [0.25, 0.3) is 22.6 Å². The molecule has 4 rings (SSSR count). The Labute approximate surface area is 177 Å². The van der Waals surface area contributed by atoms with Crippen LogP contribution >= 0.6 is 0 Å². The predicted molar refractivity (Wildman–Crippen MR) is 117 cm³/mol. The van der Waals surface area contributed by atoms with E-state index in [1.807, 2.05) is 30.3 Å². The summed E-state index contributed by atoms with van der Waals surface area (Å²) < 4.78 is 6.84. The number of carbonyl (C=O) groups is 2. The number of nitrogens with zero attached hydrogens (tertiary/aromatic N) is 2. The topological polar surface area (TPSA) is 111 Å². The summed E-state index contributed by atoms with van der Waals surface area (Å²) in [5, 5.41) is 12.0. The Bertz CT molecular complexity index is 1270. The summed E-state index contributed by atoms with van der Waals surface area (Å²) in [6, 6.07) is 12.4. The summed E-state index contributed by atoms with van der Waals surface area (Å²) in [5.74, 6) is -1.67. The molecule has 0 bridgehead atoms.